The highest BCUT2D eigenvalue weighted by Crippen LogP contribution is 2.25. The lowest BCUT2D eigenvalue weighted by Gasteiger charge is -2.12. The minimum atomic E-state index is -3.75. The first kappa shape index (κ1) is 17.0. The van der Waals surface area contributed by atoms with Gasteiger partial charge in [0, 0.05) is 11.4 Å². The molecule has 6 heteroatoms. The molecule has 0 fully saturated rings. The van der Waals surface area contributed by atoms with E-state index in [4.69, 9.17) is 9.44 Å². The minimum Gasteiger partial charge on any atom is -0.355 e. The lowest BCUT2D eigenvalue weighted by Crippen LogP contribution is -2.08. The van der Waals surface area contributed by atoms with Crippen LogP contribution in [0.1, 0.15) is 24.5 Å². The van der Waals surface area contributed by atoms with Gasteiger partial charge < -0.3 is 5.32 Å². The number of hydrogen-bond donors (Lipinski definition) is 1. The van der Waals surface area contributed by atoms with Crippen molar-refractivity contribution in [1.82, 2.24) is 0 Å². The molecule has 0 spiro atoms. The molecule has 0 bridgehead atoms. The van der Waals surface area contributed by atoms with E-state index in [0.29, 0.717) is 17.7 Å². The average Bonchev–Trinajstić information content (AvgIpc) is 2.55. The van der Waals surface area contributed by atoms with Crippen LogP contribution >= 0.6 is 0 Å². The third kappa shape index (κ3) is 4.31. The van der Waals surface area contributed by atoms with Crippen LogP contribution in [0.2, 0.25) is 0 Å². The van der Waals surface area contributed by atoms with Gasteiger partial charge in [0.2, 0.25) is 0 Å². The molecule has 0 heterocycles. The highest BCUT2D eigenvalue weighted by Gasteiger charge is 2.16. The number of rotatable bonds is 6. The Bertz CT molecular complexity index is 822. The van der Waals surface area contributed by atoms with Gasteiger partial charge in [0.25, 0.3) is 10.1 Å². The molecule has 0 aliphatic carbocycles. The van der Waals surface area contributed by atoms with Gasteiger partial charge in [0.1, 0.15) is 0 Å². The highest BCUT2D eigenvalue weighted by molar-refractivity contribution is 7.86. The summed E-state index contributed by atoms with van der Waals surface area (Å²) in [6.45, 7) is 3.90. The molecule has 2 aromatic rings. The Hall–Kier alpha value is -2.36. The number of nitriles is 1. The molecule has 0 aromatic heterocycles. The van der Waals surface area contributed by atoms with E-state index in [-0.39, 0.29) is 11.5 Å². The Morgan fingerprint density at radius 2 is 1.87 bits per heavy atom. The zero-order valence-electron chi connectivity index (χ0n) is 13.0. The number of aryl methyl sites for hydroxylation is 1. The molecule has 0 aliphatic heterocycles. The molecule has 0 radical (unpaired) electrons. The molecule has 1 N–H and O–H groups in total. The quantitative estimate of drug-likeness (QED) is 0.817. The summed E-state index contributed by atoms with van der Waals surface area (Å²) in [6.07, 6.45) is 0.626. The second kappa shape index (κ2) is 7.27. The maximum atomic E-state index is 12.1. The standard InChI is InChI=1S/C17H18N2O3S/c1-3-10-22-23(20,21)16-9-4-13(2)17(11-16)19-15-7-5-14(12-18)6-8-15/h4-9,11,19H,3,10H2,1-2H3. The van der Waals surface area contributed by atoms with Crippen LogP contribution in [-0.4, -0.2) is 15.0 Å². The number of hydrogen-bond acceptors (Lipinski definition) is 5. The molecule has 23 heavy (non-hydrogen) atoms. The van der Waals surface area contributed by atoms with Gasteiger partial charge in [-0.25, -0.2) is 0 Å². The summed E-state index contributed by atoms with van der Waals surface area (Å²) in [5.41, 5.74) is 2.92. The van der Waals surface area contributed by atoms with Gasteiger partial charge in [0.15, 0.2) is 0 Å². The number of benzene rings is 2. The van der Waals surface area contributed by atoms with Crippen LogP contribution in [0.4, 0.5) is 11.4 Å². The Morgan fingerprint density at radius 1 is 1.17 bits per heavy atom. The van der Waals surface area contributed by atoms with Gasteiger partial charge in [-0.3, -0.25) is 4.18 Å². The monoisotopic (exact) mass is 330 g/mol. The van der Waals surface area contributed by atoms with E-state index in [1.807, 2.05) is 13.8 Å². The molecule has 5 nitrogen and oxygen atoms in total. The minimum absolute atomic E-state index is 0.118. The van der Waals surface area contributed by atoms with Crippen molar-refractivity contribution in [2.75, 3.05) is 11.9 Å². The van der Waals surface area contributed by atoms with Gasteiger partial charge >= 0.3 is 0 Å². The summed E-state index contributed by atoms with van der Waals surface area (Å²) in [5, 5.41) is 12.0. The molecule has 0 amide bonds. The van der Waals surface area contributed by atoms with Crippen molar-refractivity contribution in [3.05, 3.63) is 53.6 Å². The number of nitrogens with one attached hydrogen (secondary N) is 1. The molecule has 0 saturated heterocycles. The van der Waals surface area contributed by atoms with Crippen molar-refractivity contribution in [3.8, 4) is 6.07 Å². The van der Waals surface area contributed by atoms with Crippen molar-refractivity contribution in [1.29, 1.82) is 5.26 Å². The Labute approximate surface area is 136 Å². The van der Waals surface area contributed by atoms with E-state index in [1.54, 1.807) is 36.4 Å². The van der Waals surface area contributed by atoms with Crippen LogP contribution in [0.5, 0.6) is 0 Å². The second-order valence-corrected chi connectivity index (χ2v) is 6.68. The maximum Gasteiger partial charge on any atom is 0.297 e. The zero-order valence-corrected chi connectivity index (χ0v) is 13.9. The van der Waals surface area contributed by atoms with Gasteiger partial charge in [-0.15, -0.1) is 0 Å². The maximum absolute atomic E-state index is 12.1. The van der Waals surface area contributed by atoms with E-state index in [9.17, 15) is 8.42 Å². The van der Waals surface area contributed by atoms with E-state index in [2.05, 4.69) is 11.4 Å². The first-order chi connectivity index (χ1) is 11.0. The van der Waals surface area contributed by atoms with E-state index < -0.39 is 10.1 Å². The largest absolute Gasteiger partial charge is 0.355 e. The van der Waals surface area contributed by atoms with Crippen LogP contribution in [0.3, 0.4) is 0 Å². The fourth-order valence-corrected chi connectivity index (χ4v) is 2.96. The van der Waals surface area contributed by atoms with E-state index in [1.165, 1.54) is 6.07 Å². The summed E-state index contributed by atoms with van der Waals surface area (Å²) in [6, 6.07) is 13.8. The van der Waals surface area contributed by atoms with Crippen LogP contribution in [0.15, 0.2) is 47.4 Å². The molecule has 0 atom stereocenters. The van der Waals surface area contributed by atoms with Gasteiger partial charge in [0.05, 0.1) is 23.1 Å². The molecular formula is C17H18N2O3S. The lowest BCUT2D eigenvalue weighted by atomic mass is 10.2. The third-order valence-corrected chi connectivity index (χ3v) is 4.54. The zero-order chi connectivity index (χ0) is 16.9. The second-order valence-electron chi connectivity index (χ2n) is 5.07. The summed E-state index contributed by atoms with van der Waals surface area (Å²) in [4.78, 5) is 0.118. The highest BCUT2D eigenvalue weighted by atomic mass is 32.2. The van der Waals surface area contributed by atoms with Gasteiger partial charge in [-0.2, -0.15) is 13.7 Å². The molecule has 2 rings (SSSR count). The van der Waals surface area contributed by atoms with Crippen LogP contribution in [0, 0.1) is 18.3 Å². The Kier molecular flexibility index (Phi) is 5.37. The molecular weight excluding hydrogens is 312 g/mol. The predicted octanol–water partition coefficient (Wildman–Crippen LogP) is 3.73. The molecule has 0 aliphatic rings. The summed E-state index contributed by atoms with van der Waals surface area (Å²) < 4.78 is 29.2. The Morgan fingerprint density at radius 3 is 2.48 bits per heavy atom. The fraction of sp³-hybridized carbons (Fsp3) is 0.235. The van der Waals surface area contributed by atoms with Crippen LogP contribution in [0.25, 0.3) is 0 Å². The van der Waals surface area contributed by atoms with E-state index >= 15 is 0 Å². The fourth-order valence-electron chi connectivity index (χ4n) is 1.94. The lowest BCUT2D eigenvalue weighted by molar-refractivity contribution is 0.318. The smallest absolute Gasteiger partial charge is 0.297 e. The topological polar surface area (TPSA) is 79.2 Å². The van der Waals surface area contributed by atoms with Crippen molar-refractivity contribution >= 4 is 21.5 Å². The SMILES string of the molecule is CCCOS(=O)(=O)c1ccc(C)c(Nc2ccc(C#N)cc2)c1. The van der Waals surface area contributed by atoms with Crippen molar-refractivity contribution < 1.29 is 12.6 Å². The normalized spacial score (nSPS) is 11.0. The first-order valence-electron chi connectivity index (χ1n) is 7.23. The first-order valence-corrected chi connectivity index (χ1v) is 8.64. The third-order valence-electron chi connectivity index (χ3n) is 3.23. The summed E-state index contributed by atoms with van der Waals surface area (Å²) in [5.74, 6) is 0. The molecule has 2 aromatic carbocycles. The predicted molar refractivity (Wildman–Crippen MR) is 89.0 cm³/mol. The number of nitrogens with zero attached hydrogens (tertiary/aromatic N) is 1. The molecule has 0 unspecified atom stereocenters. The van der Waals surface area contributed by atoms with Crippen molar-refractivity contribution in [3.63, 3.8) is 0 Å². The summed E-state index contributed by atoms with van der Waals surface area (Å²) >= 11 is 0. The van der Waals surface area contributed by atoms with Crippen LogP contribution in [-0.2, 0) is 14.3 Å². The molecule has 120 valence electrons. The summed E-state index contributed by atoms with van der Waals surface area (Å²) in [7, 11) is -3.75. The number of anilines is 2. The van der Waals surface area contributed by atoms with Crippen molar-refractivity contribution in [2.45, 2.75) is 25.2 Å². The van der Waals surface area contributed by atoms with E-state index in [0.717, 1.165) is 11.3 Å². The Balaban J connectivity index is 2.28. The van der Waals surface area contributed by atoms with Crippen molar-refractivity contribution in [2.24, 2.45) is 0 Å². The van der Waals surface area contributed by atoms with Gasteiger partial charge in [-0.05, 0) is 55.3 Å². The average molecular weight is 330 g/mol. The van der Waals surface area contributed by atoms with Gasteiger partial charge in [-0.1, -0.05) is 13.0 Å². The van der Waals surface area contributed by atoms with Crippen LogP contribution < -0.4 is 5.32 Å². The molecule has 0 saturated carbocycles.